The maximum absolute atomic E-state index is 5.23. The second kappa shape index (κ2) is 7.92. The average molecular weight is 368 g/mol. The van der Waals surface area contributed by atoms with E-state index < -0.39 is 0 Å². The Balaban J connectivity index is 1.84. The first-order valence-electron chi connectivity index (χ1n) is 8.19. The summed E-state index contributed by atoms with van der Waals surface area (Å²) in [6.45, 7) is 4.72. The van der Waals surface area contributed by atoms with E-state index in [1.807, 2.05) is 44.2 Å². The Morgan fingerprint density at radius 1 is 1.15 bits per heavy atom. The summed E-state index contributed by atoms with van der Waals surface area (Å²) in [5.41, 5.74) is 3.22. The molecule has 7 nitrogen and oxygen atoms in total. The first-order chi connectivity index (χ1) is 12.6. The van der Waals surface area contributed by atoms with Crippen LogP contribution in [0.25, 0.3) is 11.2 Å². The summed E-state index contributed by atoms with van der Waals surface area (Å²) in [6.07, 6.45) is 1.68. The lowest BCUT2D eigenvalue weighted by Crippen LogP contribution is -2.28. The Kier molecular flexibility index (Phi) is 5.43. The van der Waals surface area contributed by atoms with E-state index in [0.29, 0.717) is 27.9 Å². The third kappa shape index (κ3) is 4.15. The molecule has 0 aliphatic rings. The van der Waals surface area contributed by atoms with Crippen LogP contribution < -0.4 is 20.7 Å². The van der Waals surface area contributed by atoms with Crippen LogP contribution in [0.2, 0.25) is 0 Å². The molecule has 0 spiro atoms. The molecule has 134 valence electrons. The first kappa shape index (κ1) is 17.8. The SMILES string of the molecule is CCNC(=S)Nc1ccc2ncc(Nc3ccc(OC)cc3C)nc2n1. The van der Waals surface area contributed by atoms with Crippen LogP contribution in [0.5, 0.6) is 5.75 Å². The smallest absolute Gasteiger partial charge is 0.182 e. The van der Waals surface area contributed by atoms with Crippen molar-refractivity contribution in [1.82, 2.24) is 20.3 Å². The van der Waals surface area contributed by atoms with Gasteiger partial charge >= 0.3 is 0 Å². The number of fused-ring (bicyclic) bond motifs is 1. The van der Waals surface area contributed by atoms with Crippen LogP contribution in [0.1, 0.15) is 12.5 Å². The Morgan fingerprint density at radius 3 is 2.69 bits per heavy atom. The molecule has 26 heavy (non-hydrogen) atoms. The minimum Gasteiger partial charge on any atom is -0.497 e. The van der Waals surface area contributed by atoms with Gasteiger partial charge in [-0.05, 0) is 62.0 Å². The quantitative estimate of drug-likeness (QED) is 0.591. The normalized spacial score (nSPS) is 10.4. The van der Waals surface area contributed by atoms with Gasteiger partial charge in [-0.25, -0.2) is 15.0 Å². The number of nitrogens with zero attached hydrogens (tertiary/aromatic N) is 3. The van der Waals surface area contributed by atoms with Crippen molar-refractivity contribution in [2.45, 2.75) is 13.8 Å². The molecule has 3 N–H and O–H groups in total. The third-order valence-electron chi connectivity index (χ3n) is 3.68. The molecule has 0 unspecified atom stereocenters. The maximum atomic E-state index is 5.23. The monoisotopic (exact) mass is 368 g/mol. The van der Waals surface area contributed by atoms with Gasteiger partial charge < -0.3 is 20.7 Å². The molecule has 0 amide bonds. The molecule has 0 bridgehead atoms. The average Bonchev–Trinajstić information content (AvgIpc) is 2.63. The fraction of sp³-hybridized carbons (Fsp3) is 0.222. The summed E-state index contributed by atoms with van der Waals surface area (Å²) in [6, 6.07) is 9.47. The van der Waals surface area contributed by atoms with Crippen LogP contribution >= 0.6 is 12.2 Å². The highest BCUT2D eigenvalue weighted by atomic mass is 32.1. The van der Waals surface area contributed by atoms with Gasteiger partial charge in [0.15, 0.2) is 16.6 Å². The molecule has 2 aromatic heterocycles. The van der Waals surface area contributed by atoms with Crippen molar-refractivity contribution in [3.63, 3.8) is 0 Å². The Morgan fingerprint density at radius 2 is 1.96 bits per heavy atom. The van der Waals surface area contributed by atoms with E-state index in [1.165, 1.54) is 0 Å². The summed E-state index contributed by atoms with van der Waals surface area (Å²) in [4.78, 5) is 13.4. The lowest BCUT2D eigenvalue weighted by Gasteiger charge is -2.11. The summed E-state index contributed by atoms with van der Waals surface area (Å²) in [5, 5.41) is 9.85. The van der Waals surface area contributed by atoms with Gasteiger partial charge in [-0.1, -0.05) is 0 Å². The number of rotatable bonds is 5. The van der Waals surface area contributed by atoms with Crippen molar-refractivity contribution >= 4 is 45.8 Å². The second-order valence-corrected chi connectivity index (χ2v) is 5.99. The van der Waals surface area contributed by atoms with Crippen LogP contribution in [0.4, 0.5) is 17.3 Å². The molecule has 0 aliphatic heterocycles. The van der Waals surface area contributed by atoms with Gasteiger partial charge in [-0.2, -0.15) is 0 Å². The fourth-order valence-corrected chi connectivity index (χ4v) is 2.64. The van der Waals surface area contributed by atoms with Crippen LogP contribution in [0.15, 0.2) is 36.5 Å². The Hall–Kier alpha value is -3.00. The molecule has 3 rings (SSSR count). The number of aromatic nitrogens is 3. The number of benzene rings is 1. The van der Waals surface area contributed by atoms with E-state index in [4.69, 9.17) is 17.0 Å². The van der Waals surface area contributed by atoms with Gasteiger partial charge in [-0.3, -0.25) is 0 Å². The molecule has 0 saturated heterocycles. The van der Waals surface area contributed by atoms with Gasteiger partial charge in [0.05, 0.1) is 13.3 Å². The maximum Gasteiger partial charge on any atom is 0.182 e. The third-order valence-corrected chi connectivity index (χ3v) is 3.93. The van der Waals surface area contributed by atoms with E-state index >= 15 is 0 Å². The number of hydrogen-bond donors (Lipinski definition) is 3. The lowest BCUT2D eigenvalue weighted by atomic mass is 10.2. The molecular weight excluding hydrogens is 348 g/mol. The van der Waals surface area contributed by atoms with Crippen molar-refractivity contribution in [2.24, 2.45) is 0 Å². The largest absolute Gasteiger partial charge is 0.497 e. The number of nitrogens with one attached hydrogen (secondary N) is 3. The zero-order valence-electron chi connectivity index (χ0n) is 14.8. The summed E-state index contributed by atoms with van der Waals surface area (Å²) >= 11 is 5.18. The van der Waals surface area contributed by atoms with Gasteiger partial charge in [0.25, 0.3) is 0 Å². The minimum atomic E-state index is 0.524. The number of thiocarbonyl (C=S) groups is 1. The van der Waals surface area contributed by atoms with Crippen LogP contribution in [-0.4, -0.2) is 33.7 Å². The van der Waals surface area contributed by atoms with Gasteiger partial charge in [0, 0.05) is 12.2 Å². The van der Waals surface area contributed by atoms with E-state index in [-0.39, 0.29) is 0 Å². The topological polar surface area (TPSA) is 84.0 Å². The summed E-state index contributed by atoms with van der Waals surface area (Å²) < 4.78 is 5.23. The standard InChI is InChI=1S/C18H20N6OS/c1-4-19-18(26)24-15-8-7-14-17(22-15)23-16(10-20-14)21-13-6-5-12(25-3)9-11(13)2/h5-10H,4H2,1-3H3,(H3,19,21,22,23,24,26). The molecule has 0 radical (unpaired) electrons. The van der Waals surface area contributed by atoms with Crippen LogP contribution in [-0.2, 0) is 0 Å². The highest BCUT2D eigenvalue weighted by Crippen LogP contribution is 2.24. The zero-order chi connectivity index (χ0) is 18.5. The molecular formula is C18H20N6OS. The van der Waals surface area contributed by atoms with Gasteiger partial charge in [0.1, 0.15) is 17.1 Å². The highest BCUT2D eigenvalue weighted by molar-refractivity contribution is 7.80. The number of methoxy groups -OCH3 is 1. The molecule has 8 heteroatoms. The van der Waals surface area contributed by atoms with Crippen molar-refractivity contribution in [3.05, 3.63) is 42.1 Å². The Labute approximate surface area is 157 Å². The van der Waals surface area contributed by atoms with Crippen molar-refractivity contribution in [3.8, 4) is 5.75 Å². The molecule has 2 heterocycles. The van der Waals surface area contributed by atoms with E-state index in [9.17, 15) is 0 Å². The fourth-order valence-electron chi connectivity index (χ4n) is 2.39. The van der Waals surface area contributed by atoms with Crippen LogP contribution in [0.3, 0.4) is 0 Å². The predicted octanol–water partition coefficient (Wildman–Crippen LogP) is 3.39. The van der Waals surface area contributed by atoms with Gasteiger partial charge in [-0.15, -0.1) is 0 Å². The number of ether oxygens (including phenoxy) is 1. The van der Waals surface area contributed by atoms with Crippen LogP contribution in [0, 0.1) is 6.92 Å². The highest BCUT2D eigenvalue weighted by Gasteiger charge is 2.06. The first-order valence-corrected chi connectivity index (χ1v) is 8.60. The lowest BCUT2D eigenvalue weighted by molar-refractivity contribution is 0.414. The zero-order valence-corrected chi connectivity index (χ0v) is 15.6. The summed E-state index contributed by atoms with van der Waals surface area (Å²) in [7, 11) is 1.65. The molecule has 0 saturated carbocycles. The summed E-state index contributed by atoms with van der Waals surface area (Å²) in [5.74, 6) is 2.05. The second-order valence-electron chi connectivity index (χ2n) is 5.58. The minimum absolute atomic E-state index is 0.524. The molecule has 0 atom stereocenters. The predicted molar refractivity (Wildman–Crippen MR) is 108 cm³/mol. The van der Waals surface area contributed by atoms with Gasteiger partial charge in [0.2, 0.25) is 0 Å². The number of aryl methyl sites for hydroxylation is 1. The molecule has 0 fully saturated rings. The van der Waals surface area contributed by atoms with E-state index in [0.717, 1.165) is 23.5 Å². The number of anilines is 3. The van der Waals surface area contributed by atoms with Crippen molar-refractivity contribution < 1.29 is 4.74 Å². The molecule has 3 aromatic rings. The number of pyridine rings is 1. The molecule has 1 aromatic carbocycles. The number of hydrogen-bond acceptors (Lipinski definition) is 6. The van der Waals surface area contributed by atoms with E-state index in [1.54, 1.807) is 13.3 Å². The van der Waals surface area contributed by atoms with Crippen molar-refractivity contribution in [2.75, 3.05) is 24.3 Å². The van der Waals surface area contributed by atoms with Crippen molar-refractivity contribution in [1.29, 1.82) is 0 Å². The van der Waals surface area contributed by atoms with E-state index in [2.05, 4.69) is 30.9 Å². The molecule has 0 aliphatic carbocycles. The Bertz CT molecular complexity index is 946.